The van der Waals surface area contributed by atoms with Gasteiger partial charge in [0.2, 0.25) is 5.91 Å². The van der Waals surface area contributed by atoms with Crippen LogP contribution in [0.3, 0.4) is 0 Å². The smallest absolute Gasteiger partial charge is 0.220 e. The average Bonchev–Trinajstić information content (AvgIpc) is 3.27. The number of carbonyl (C=O) groups excluding carboxylic acids is 1. The van der Waals surface area contributed by atoms with Crippen molar-refractivity contribution in [3.8, 4) is 0 Å². The fraction of sp³-hybridized carbons (Fsp3) is 0.867. The number of rotatable bonds is 6. The van der Waals surface area contributed by atoms with Crippen LogP contribution < -0.4 is 10.6 Å². The van der Waals surface area contributed by atoms with Crippen molar-refractivity contribution < 1.29 is 9.90 Å². The van der Waals surface area contributed by atoms with Gasteiger partial charge in [0, 0.05) is 38.6 Å². The lowest BCUT2D eigenvalue weighted by atomic mass is 10.1. The first-order valence-electron chi connectivity index (χ1n) is 8.19. The van der Waals surface area contributed by atoms with Gasteiger partial charge in [-0.05, 0) is 39.0 Å². The second-order valence-electron chi connectivity index (χ2n) is 5.90. The molecule has 0 atom stereocenters. The Morgan fingerprint density at radius 1 is 1.27 bits per heavy atom. The van der Waals surface area contributed by atoms with Gasteiger partial charge < -0.3 is 20.6 Å². The van der Waals surface area contributed by atoms with Gasteiger partial charge in [0.25, 0.3) is 0 Å². The molecule has 1 aliphatic heterocycles. The van der Waals surface area contributed by atoms with E-state index in [9.17, 15) is 9.90 Å². The van der Waals surface area contributed by atoms with Crippen molar-refractivity contribution >= 4 is 35.8 Å². The maximum atomic E-state index is 11.6. The molecule has 0 bridgehead atoms. The largest absolute Gasteiger partial charge is 0.393 e. The molecule has 7 heteroatoms. The summed E-state index contributed by atoms with van der Waals surface area (Å²) < 4.78 is 0. The van der Waals surface area contributed by atoms with E-state index in [0.717, 1.165) is 57.7 Å². The number of aliphatic imine (C=N–C) groups is 1. The molecule has 0 unspecified atom stereocenters. The summed E-state index contributed by atoms with van der Waals surface area (Å²) in [5.41, 5.74) is 0. The van der Waals surface area contributed by atoms with Gasteiger partial charge in [-0.1, -0.05) is 0 Å². The zero-order valence-electron chi connectivity index (χ0n) is 13.4. The van der Waals surface area contributed by atoms with Gasteiger partial charge in [-0.25, -0.2) is 0 Å². The number of amides is 1. The number of piperidine rings is 1. The third kappa shape index (κ3) is 7.13. The van der Waals surface area contributed by atoms with E-state index in [1.165, 1.54) is 0 Å². The number of hydrogen-bond acceptors (Lipinski definition) is 3. The third-order valence-corrected chi connectivity index (χ3v) is 3.86. The summed E-state index contributed by atoms with van der Waals surface area (Å²) in [4.78, 5) is 18.4. The molecule has 0 aromatic heterocycles. The normalized spacial score (nSPS) is 19.5. The minimum Gasteiger partial charge on any atom is -0.393 e. The summed E-state index contributed by atoms with van der Waals surface area (Å²) in [7, 11) is 0. The molecule has 22 heavy (non-hydrogen) atoms. The molecule has 1 amide bonds. The van der Waals surface area contributed by atoms with Gasteiger partial charge in [0.1, 0.15) is 0 Å². The molecule has 0 aromatic carbocycles. The summed E-state index contributed by atoms with van der Waals surface area (Å²) in [5, 5.41) is 15.8. The highest BCUT2D eigenvalue weighted by Gasteiger charge is 2.23. The fourth-order valence-corrected chi connectivity index (χ4v) is 2.46. The molecule has 2 fully saturated rings. The van der Waals surface area contributed by atoms with Crippen molar-refractivity contribution in [2.45, 2.75) is 57.6 Å². The molecule has 0 spiro atoms. The van der Waals surface area contributed by atoms with Gasteiger partial charge in [-0.3, -0.25) is 9.79 Å². The van der Waals surface area contributed by atoms with Crippen molar-refractivity contribution in [3.05, 3.63) is 0 Å². The zero-order chi connectivity index (χ0) is 15.1. The Balaban J connectivity index is 0.00000242. The highest BCUT2D eigenvalue weighted by atomic mass is 127. The van der Waals surface area contributed by atoms with Crippen molar-refractivity contribution in [2.24, 2.45) is 4.99 Å². The first kappa shape index (κ1) is 19.5. The average molecular weight is 424 g/mol. The number of halogens is 1. The van der Waals surface area contributed by atoms with Crippen LogP contribution in [0.5, 0.6) is 0 Å². The topological polar surface area (TPSA) is 77.0 Å². The summed E-state index contributed by atoms with van der Waals surface area (Å²) in [6.07, 6.45) is 5.03. The minimum atomic E-state index is -0.171. The second kappa shape index (κ2) is 10.3. The predicted octanol–water partition coefficient (Wildman–Crippen LogP) is 1.09. The van der Waals surface area contributed by atoms with E-state index in [4.69, 9.17) is 0 Å². The molecule has 3 N–H and O–H groups in total. The Morgan fingerprint density at radius 2 is 1.95 bits per heavy atom. The van der Waals surface area contributed by atoms with Crippen LogP contribution in [-0.4, -0.2) is 60.2 Å². The summed E-state index contributed by atoms with van der Waals surface area (Å²) in [6, 6.07) is 0.443. The van der Waals surface area contributed by atoms with E-state index in [1.54, 1.807) is 0 Å². The lowest BCUT2D eigenvalue weighted by Gasteiger charge is -2.32. The molecular formula is C15H29IN4O2. The Bertz CT molecular complexity index is 367. The van der Waals surface area contributed by atoms with Crippen LogP contribution in [0.15, 0.2) is 4.99 Å². The van der Waals surface area contributed by atoms with E-state index in [-0.39, 0.29) is 36.0 Å². The number of likely N-dealkylation sites (tertiary alicyclic amines) is 1. The first-order valence-corrected chi connectivity index (χ1v) is 8.19. The van der Waals surface area contributed by atoms with Crippen LogP contribution in [0.4, 0.5) is 0 Å². The van der Waals surface area contributed by atoms with Crippen LogP contribution in [-0.2, 0) is 4.79 Å². The zero-order valence-corrected chi connectivity index (χ0v) is 15.7. The lowest BCUT2D eigenvalue weighted by molar-refractivity contribution is -0.121. The van der Waals surface area contributed by atoms with E-state index in [1.807, 2.05) is 0 Å². The number of nitrogens with one attached hydrogen (secondary N) is 2. The summed E-state index contributed by atoms with van der Waals surface area (Å²) >= 11 is 0. The highest BCUT2D eigenvalue weighted by molar-refractivity contribution is 14.0. The van der Waals surface area contributed by atoms with Gasteiger partial charge in [-0.15, -0.1) is 24.0 Å². The van der Waals surface area contributed by atoms with E-state index in [0.29, 0.717) is 19.0 Å². The summed E-state index contributed by atoms with van der Waals surface area (Å²) in [6.45, 7) is 5.24. The van der Waals surface area contributed by atoms with E-state index < -0.39 is 0 Å². The van der Waals surface area contributed by atoms with Crippen LogP contribution in [0.25, 0.3) is 0 Å². The fourth-order valence-electron chi connectivity index (χ4n) is 2.46. The SMILES string of the molecule is CCNC(=NCCCC(=O)NC1CC1)N1CCC(O)CC1.I. The molecule has 1 saturated carbocycles. The van der Waals surface area contributed by atoms with E-state index >= 15 is 0 Å². The van der Waals surface area contributed by atoms with Crippen molar-refractivity contribution in [1.29, 1.82) is 0 Å². The van der Waals surface area contributed by atoms with Crippen LogP contribution in [0.2, 0.25) is 0 Å². The maximum Gasteiger partial charge on any atom is 0.220 e. The third-order valence-electron chi connectivity index (χ3n) is 3.86. The number of aliphatic hydroxyl groups is 1. The van der Waals surface area contributed by atoms with Gasteiger partial charge in [-0.2, -0.15) is 0 Å². The van der Waals surface area contributed by atoms with E-state index in [2.05, 4.69) is 27.4 Å². The highest BCUT2D eigenvalue weighted by Crippen LogP contribution is 2.18. The molecular weight excluding hydrogens is 395 g/mol. The molecule has 2 rings (SSSR count). The van der Waals surface area contributed by atoms with Gasteiger partial charge in [0.15, 0.2) is 5.96 Å². The Labute approximate surface area is 150 Å². The Kier molecular flexibility index (Phi) is 9.08. The van der Waals surface area contributed by atoms with Crippen molar-refractivity contribution in [1.82, 2.24) is 15.5 Å². The Morgan fingerprint density at radius 3 is 2.55 bits per heavy atom. The standard InChI is InChI=1S/C15H28N4O2.HI/c1-2-16-15(19-10-7-13(20)8-11-19)17-9-3-4-14(21)18-12-5-6-12;/h12-13,20H,2-11H2,1H3,(H,16,17)(H,18,21);1H. The quantitative estimate of drug-likeness (QED) is 0.258. The molecule has 0 radical (unpaired) electrons. The maximum absolute atomic E-state index is 11.6. The minimum absolute atomic E-state index is 0. The predicted molar refractivity (Wildman–Crippen MR) is 98.6 cm³/mol. The molecule has 6 nitrogen and oxygen atoms in total. The number of hydrogen-bond donors (Lipinski definition) is 3. The molecule has 1 aliphatic carbocycles. The number of aliphatic hydroxyl groups excluding tert-OH is 1. The van der Waals surface area contributed by atoms with Crippen molar-refractivity contribution in [3.63, 3.8) is 0 Å². The lowest BCUT2D eigenvalue weighted by Crippen LogP contribution is -2.46. The van der Waals surface area contributed by atoms with Crippen LogP contribution in [0.1, 0.15) is 45.4 Å². The second-order valence-corrected chi connectivity index (χ2v) is 5.90. The van der Waals surface area contributed by atoms with Crippen molar-refractivity contribution in [2.75, 3.05) is 26.2 Å². The Hall–Kier alpha value is -0.570. The van der Waals surface area contributed by atoms with Crippen LogP contribution in [0, 0.1) is 0 Å². The molecule has 1 heterocycles. The van der Waals surface area contributed by atoms with Gasteiger partial charge in [0.05, 0.1) is 6.10 Å². The molecule has 128 valence electrons. The van der Waals surface area contributed by atoms with Crippen LogP contribution >= 0.6 is 24.0 Å². The number of nitrogens with zero attached hydrogens (tertiary/aromatic N) is 2. The molecule has 0 aromatic rings. The van der Waals surface area contributed by atoms with Gasteiger partial charge >= 0.3 is 0 Å². The first-order chi connectivity index (χ1) is 10.2. The monoisotopic (exact) mass is 424 g/mol. The number of carbonyl (C=O) groups is 1. The number of guanidine groups is 1. The molecule has 1 saturated heterocycles. The summed E-state index contributed by atoms with van der Waals surface area (Å²) in [5.74, 6) is 1.06. The molecule has 2 aliphatic rings.